The number of hydrogen-bond donors (Lipinski definition) is 2. The Labute approximate surface area is 192 Å². The summed E-state index contributed by atoms with van der Waals surface area (Å²) in [7, 11) is 0. The average molecular weight is 448 g/mol. The summed E-state index contributed by atoms with van der Waals surface area (Å²) in [6.45, 7) is 5.23. The van der Waals surface area contributed by atoms with E-state index >= 15 is 0 Å². The van der Waals surface area contributed by atoms with Gasteiger partial charge in [-0.1, -0.05) is 24.3 Å². The second-order valence-corrected chi connectivity index (χ2v) is 8.28. The number of ether oxygens (including phenoxy) is 2. The highest BCUT2D eigenvalue weighted by molar-refractivity contribution is 5.94. The Balaban J connectivity index is 1.28. The van der Waals surface area contributed by atoms with Crippen molar-refractivity contribution in [1.29, 1.82) is 0 Å². The Morgan fingerprint density at radius 1 is 0.970 bits per heavy atom. The van der Waals surface area contributed by atoms with Crippen LogP contribution >= 0.6 is 0 Å². The molecule has 2 N–H and O–H groups in total. The van der Waals surface area contributed by atoms with Crippen LogP contribution in [-0.4, -0.2) is 43.8 Å². The molecular weight excluding hydrogens is 421 g/mol. The van der Waals surface area contributed by atoms with Gasteiger partial charge in [0.1, 0.15) is 5.82 Å². The van der Waals surface area contributed by atoms with Crippen LogP contribution in [0, 0.1) is 5.82 Å². The second kappa shape index (κ2) is 9.60. The number of fused-ring (bicyclic) bond motifs is 1. The molecule has 0 spiro atoms. The van der Waals surface area contributed by atoms with Crippen LogP contribution in [0.5, 0.6) is 11.5 Å². The van der Waals surface area contributed by atoms with Crippen molar-refractivity contribution in [3.63, 3.8) is 0 Å². The standard InChI is InChI=1S/C26H26FN3O3/c27-23-6-4-20(19-3-1-2-18(12-19)16-30-10-8-28-9-11-30)13-22(23)15-29-26(31)21-5-7-24-25(14-21)33-17-32-24/h1-7,12-14,28H,8-11,15-17H2,(H,29,31). The summed E-state index contributed by atoms with van der Waals surface area (Å²) >= 11 is 0. The van der Waals surface area contributed by atoms with Crippen molar-refractivity contribution in [1.82, 2.24) is 15.5 Å². The molecule has 0 saturated carbocycles. The molecule has 0 aliphatic carbocycles. The fraction of sp³-hybridized carbons (Fsp3) is 0.269. The molecule has 7 heteroatoms. The lowest BCUT2D eigenvalue weighted by molar-refractivity contribution is 0.0950. The lowest BCUT2D eigenvalue weighted by atomic mass is 10.0. The molecule has 1 saturated heterocycles. The van der Waals surface area contributed by atoms with Crippen LogP contribution in [0.15, 0.2) is 60.7 Å². The molecular formula is C26H26FN3O3. The zero-order valence-corrected chi connectivity index (χ0v) is 18.3. The molecule has 2 aliphatic heterocycles. The largest absolute Gasteiger partial charge is 0.454 e. The van der Waals surface area contributed by atoms with Gasteiger partial charge in [-0.2, -0.15) is 0 Å². The van der Waals surface area contributed by atoms with E-state index in [-0.39, 0.29) is 25.1 Å². The molecule has 1 fully saturated rings. The number of rotatable bonds is 6. The van der Waals surface area contributed by atoms with Crippen LogP contribution in [0.3, 0.4) is 0 Å². The normalized spacial score (nSPS) is 15.4. The Bertz CT molecular complexity index is 1160. The van der Waals surface area contributed by atoms with Gasteiger partial charge in [0.15, 0.2) is 11.5 Å². The maximum absolute atomic E-state index is 14.5. The fourth-order valence-corrected chi connectivity index (χ4v) is 4.18. The van der Waals surface area contributed by atoms with Crippen molar-refractivity contribution >= 4 is 5.91 Å². The van der Waals surface area contributed by atoms with Crippen molar-refractivity contribution in [2.24, 2.45) is 0 Å². The summed E-state index contributed by atoms with van der Waals surface area (Å²) in [6, 6.07) is 18.4. The lowest BCUT2D eigenvalue weighted by Crippen LogP contribution is -2.42. The van der Waals surface area contributed by atoms with Crippen molar-refractivity contribution in [2.75, 3.05) is 33.0 Å². The van der Waals surface area contributed by atoms with Gasteiger partial charge >= 0.3 is 0 Å². The second-order valence-electron chi connectivity index (χ2n) is 8.28. The molecule has 6 nitrogen and oxygen atoms in total. The minimum atomic E-state index is -0.346. The van der Waals surface area contributed by atoms with Gasteiger partial charge in [0.2, 0.25) is 6.79 Å². The number of halogens is 1. The summed E-state index contributed by atoms with van der Waals surface area (Å²) in [5.74, 6) is 0.513. The molecule has 0 aromatic heterocycles. The smallest absolute Gasteiger partial charge is 0.251 e. The number of piperazine rings is 1. The molecule has 3 aromatic carbocycles. The van der Waals surface area contributed by atoms with Crippen LogP contribution < -0.4 is 20.1 Å². The first-order valence-electron chi connectivity index (χ1n) is 11.1. The number of carbonyl (C=O) groups excluding carboxylic acids is 1. The Hall–Kier alpha value is -3.42. The monoisotopic (exact) mass is 447 g/mol. The van der Waals surface area contributed by atoms with E-state index in [4.69, 9.17) is 9.47 Å². The van der Waals surface area contributed by atoms with Gasteiger partial charge in [0, 0.05) is 50.4 Å². The predicted molar refractivity (Wildman–Crippen MR) is 124 cm³/mol. The van der Waals surface area contributed by atoms with Gasteiger partial charge in [-0.25, -0.2) is 4.39 Å². The topological polar surface area (TPSA) is 62.8 Å². The van der Waals surface area contributed by atoms with Crippen molar-refractivity contribution < 1.29 is 18.7 Å². The number of nitrogens with zero attached hydrogens (tertiary/aromatic N) is 1. The first kappa shape index (κ1) is 21.4. The summed E-state index contributed by atoms with van der Waals surface area (Å²) in [4.78, 5) is 15.0. The molecule has 33 heavy (non-hydrogen) atoms. The first-order chi connectivity index (χ1) is 16.2. The average Bonchev–Trinajstić information content (AvgIpc) is 3.32. The Kier molecular flexibility index (Phi) is 6.24. The maximum atomic E-state index is 14.5. The van der Waals surface area contributed by atoms with Gasteiger partial charge in [-0.05, 0) is 53.1 Å². The van der Waals surface area contributed by atoms with E-state index in [0.29, 0.717) is 22.6 Å². The molecule has 3 aromatic rings. The highest BCUT2D eigenvalue weighted by Gasteiger charge is 2.17. The summed E-state index contributed by atoms with van der Waals surface area (Å²) in [5, 5.41) is 6.18. The SMILES string of the molecule is O=C(NCc1cc(-c2cccc(CN3CCNCC3)c2)ccc1F)c1ccc2c(c1)OCO2. The first-order valence-corrected chi connectivity index (χ1v) is 11.1. The summed E-state index contributed by atoms with van der Waals surface area (Å²) < 4.78 is 25.1. The van der Waals surface area contributed by atoms with Crippen LogP contribution in [0.4, 0.5) is 4.39 Å². The van der Waals surface area contributed by atoms with Crippen molar-refractivity contribution in [3.8, 4) is 22.6 Å². The summed E-state index contributed by atoms with van der Waals surface area (Å²) in [6.07, 6.45) is 0. The number of hydrogen-bond acceptors (Lipinski definition) is 5. The van der Waals surface area contributed by atoms with Crippen LogP contribution in [0.25, 0.3) is 11.1 Å². The van der Waals surface area contributed by atoms with E-state index in [2.05, 4.69) is 27.7 Å². The Morgan fingerprint density at radius 2 is 1.79 bits per heavy atom. The number of benzene rings is 3. The molecule has 5 rings (SSSR count). The number of nitrogens with one attached hydrogen (secondary N) is 2. The molecule has 2 aliphatic rings. The van der Waals surface area contributed by atoms with Crippen LogP contribution in [0.1, 0.15) is 21.5 Å². The van der Waals surface area contributed by atoms with Gasteiger partial charge in [-0.15, -0.1) is 0 Å². The third kappa shape index (κ3) is 4.99. The van der Waals surface area contributed by atoms with E-state index in [1.165, 1.54) is 11.6 Å². The third-order valence-electron chi connectivity index (χ3n) is 6.00. The Morgan fingerprint density at radius 3 is 2.67 bits per heavy atom. The van der Waals surface area contributed by atoms with E-state index < -0.39 is 0 Å². The molecule has 0 unspecified atom stereocenters. The minimum Gasteiger partial charge on any atom is -0.454 e. The maximum Gasteiger partial charge on any atom is 0.251 e. The van der Waals surface area contributed by atoms with Gasteiger partial charge in [0.05, 0.1) is 0 Å². The van der Waals surface area contributed by atoms with Crippen LogP contribution in [0.2, 0.25) is 0 Å². The van der Waals surface area contributed by atoms with Gasteiger partial charge < -0.3 is 20.1 Å². The van der Waals surface area contributed by atoms with Crippen LogP contribution in [-0.2, 0) is 13.1 Å². The molecule has 0 bridgehead atoms. The van der Waals surface area contributed by atoms with E-state index in [0.717, 1.165) is 43.9 Å². The number of amides is 1. The molecule has 1 amide bonds. The van der Waals surface area contributed by atoms with Crippen molar-refractivity contribution in [3.05, 3.63) is 83.2 Å². The quantitative estimate of drug-likeness (QED) is 0.605. The predicted octanol–water partition coefficient (Wildman–Crippen LogP) is 3.56. The fourth-order valence-electron chi connectivity index (χ4n) is 4.18. The molecule has 0 radical (unpaired) electrons. The number of carbonyl (C=O) groups is 1. The van der Waals surface area contributed by atoms with Gasteiger partial charge in [0.25, 0.3) is 5.91 Å². The zero-order valence-electron chi connectivity index (χ0n) is 18.3. The summed E-state index contributed by atoms with van der Waals surface area (Å²) in [5.41, 5.74) is 4.07. The van der Waals surface area contributed by atoms with E-state index in [1.807, 2.05) is 12.1 Å². The highest BCUT2D eigenvalue weighted by Crippen LogP contribution is 2.32. The highest BCUT2D eigenvalue weighted by atomic mass is 19.1. The van der Waals surface area contributed by atoms with E-state index in [1.54, 1.807) is 30.3 Å². The molecule has 2 heterocycles. The lowest BCUT2D eigenvalue weighted by Gasteiger charge is -2.27. The minimum absolute atomic E-state index is 0.0907. The zero-order chi connectivity index (χ0) is 22.6. The van der Waals surface area contributed by atoms with E-state index in [9.17, 15) is 9.18 Å². The van der Waals surface area contributed by atoms with Gasteiger partial charge in [-0.3, -0.25) is 9.69 Å². The molecule has 170 valence electrons. The van der Waals surface area contributed by atoms with Crippen molar-refractivity contribution in [2.45, 2.75) is 13.1 Å². The molecule has 0 atom stereocenters. The third-order valence-corrected chi connectivity index (χ3v) is 6.00.